The van der Waals surface area contributed by atoms with Crippen molar-refractivity contribution < 1.29 is 14.6 Å². The first-order chi connectivity index (χ1) is 12.6. The molecule has 0 aliphatic carbocycles. The number of aromatic nitrogens is 2. The molecule has 1 aromatic carbocycles. The van der Waals surface area contributed by atoms with Crippen LogP contribution in [0.4, 0.5) is 0 Å². The third kappa shape index (κ3) is 4.05. The van der Waals surface area contributed by atoms with Crippen LogP contribution in [0.5, 0.6) is 5.75 Å². The molecule has 140 valence electrons. The number of methoxy groups -OCH3 is 1. The Kier molecular flexibility index (Phi) is 5.90. The molecule has 0 saturated carbocycles. The first-order valence-corrected chi connectivity index (χ1v) is 8.87. The molecule has 0 bridgehead atoms. The van der Waals surface area contributed by atoms with Gasteiger partial charge < -0.3 is 15.2 Å². The summed E-state index contributed by atoms with van der Waals surface area (Å²) in [4.78, 5) is 14.4. The predicted octanol–water partition coefficient (Wildman–Crippen LogP) is 0.986. The summed E-state index contributed by atoms with van der Waals surface area (Å²) < 4.78 is 7.16. The van der Waals surface area contributed by atoms with E-state index in [1.807, 2.05) is 36.0 Å². The molecule has 2 aromatic rings. The summed E-state index contributed by atoms with van der Waals surface area (Å²) in [5.74, 6) is 0.805. The van der Waals surface area contributed by atoms with Crippen LogP contribution in [0, 0.1) is 0 Å². The highest BCUT2D eigenvalue weighted by atomic mass is 16.5. The Morgan fingerprint density at radius 1 is 1.38 bits per heavy atom. The molecule has 7 nitrogen and oxygen atoms in total. The van der Waals surface area contributed by atoms with Crippen molar-refractivity contribution in [1.29, 1.82) is 0 Å². The number of hydrogen-bond donors (Lipinski definition) is 2. The minimum absolute atomic E-state index is 0.0234. The lowest BCUT2D eigenvalue weighted by molar-refractivity contribution is -0.121. The van der Waals surface area contributed by atoms with Gasteiger partial charge in [-0.05, 0) is 6.07 Å². The van der Waals surface area contributed by atoms with E-state index in [9.17, 15) is 9.90 Å². The van der Waals surface area contributed by atoms with Crippen LogP contribution in [0.2, 0.25) is 0 Å². The molecule has 2 N–H and O–H groups in total. The number of aliphatic hydroxyl groups is 1. The first-order valence-electron chi connectivity index (χ1n) is 8.87. The highest BCUT2D eigenvalue weighted by Gasteiger charge is 2.23. The van der Waals surface area contributed by atoms with Gasteiger partial charge in [-0.2, -0.15) is 5.10 Å². The van der Waals surface area contributed by atoms with E-state index >= 15 is 0 Å². The Balaban J connectivity index is 1.49. The second-order valence-electron chi connectivity index (χ2n) is 6.52. The van der Waals surface area contributed by atoms with Crippen LogP contribution in [-0.4, -0.2) is 45.9 Å². The Bertz CT molecular complexity index is 772. The van der Waals surface area contributed by atoms with Crippen molar-refractivity contribution in [1.82, 2.24) is 20.0 Å². The molecule has 7 heteroatoms. The molecule has 1 amide bonds. The van der Waals surface area contributed by atoms with E-state index in [1.54, 1.807) is 7.11 Å². The van der Waals surface area contributed by atoms with Crippen molar-refractivity contribution in [2.45, 2.75) is 32.5 Å². The summed E-state index contributed by atoms with van der Waals surface area (Å²) in [5, 5.41) is 16.8. The van der Waals surface area contributed by atoms with Crippen LogP contribution in [0.3, 0.4) is 0 Å². The van der Waals surface area contributed by atoms with Crippen LogP contribution >= 0.6 is 0 Å². The van der Waals surface area contributed by atoms with E-state index in [2.05, 4.69) is 15.3 Å². The smallest absolute Gasteiger partial charge is 0.221 e. The first kappa shape index (κ1) is 18.4. The van der Waals surface area contributed by atoms with Gasteiger partial charge in [0.05, 0.1) is 19.4 Å². The fourth-order valence-corrected chi connectivity index (χ4v) is 3.43. The average molecular weight is 358 g/mol. The van der Waals surface area contributed by atoms with Gasteiger partial charge in [-0.15, -0.1) is 0 Å². The Morgan fingerprint density at radius 3 is 2.96 bits per heavy atom. The number of hydrogen-bond acceptors (Lipinski definition) is 5. The Morgan fingerprint density at radius 2 is 2.19 bits per heavy atom. The van der Waals surface area contributed by atoms with E-state index in [0.717, 1.165) is 42.1 Å². The summed E-state index contributed by atoms with van der Waals surface area (Å²) in [5.41, 5.74) is 4.00. The van der Waals surface area contributed by atoms with Crippen LogP contribution in [-0.2, 0) is 38.0 Å². The van der Waals surface area contributed by atoms with Gasteiger partial charge in [0.15, 0.2) is 0 Å². The second-order valence-corrected chi connectivity index (χ2v) is 6.52. The number of carbonyl (C=O) groups excluding carboxylic acids is 1. The molecule has 0 unspecified atom stereocenters. The van der Waals surface area contributed by atoms with Crippen molar-refractivity contribution in [3.8, 4) is 5.75 Å². The maximum atomic E-state index is 12.2. The molecule has 26 heavy (non-hydrogen) atoms. The fraction of sp³-hybridized carbons (Fsp3) is 0.474. The molecular formula is C19H26N4O3. The average Bonchev–Trinajstić information content (AvgIpc) is 3.00. The number of para-hydroxylation sites is 1. The van der Waals surface area contributed by atoms with Crippen LogP contribution in [0.1, 0.15) is 28.9 Å². The maximum absolute atomic E-state index is 12.2. The molecule has 0 radical (unpaired) electrons. The summed E-state index contributed by atoms with van der Waals surface area (Å²) in [6.45, 7) is 2.74. The lowest BCUT2D eigenvalue weighted by atomic mass is 10.1. The Hall–Kier alpha value is -2.38. The zero-order chi connectivity index (χ0) is 18.5. The molecule has 3 rings (SSSR count). The number of rotatable bonds is 7. The van der Waals surface area contributed by atoms with Gasteiger partial charge in [0, 0.05) is 62.9 Å². The number of ether oxygens (including phenoxy) is 1. The van der Waals surface area contributed by atoms with E-state index < -0.39 is 0 Å². The molecular weight excluding hydrogens is 332 g/mol. The van der Waals surface area contributed by atoms with Gasteiger partial charge in [-0.25, -0.2) is 0 Å². The minimum Gasteiger partial charge on any atom is -0.496 e. The monoisotopic (exact) mass is 358 g/mol. The van der Waals surface area contributed by atoms with Gasteiger partial charge in [0.1, 0.15) is 5.75 Å². The van der Waals surface area contributed by atoms with Crippen molar-refractivity contribution in [3.63, 3.8) is 0 Å². The van der Waals surface area contributed by atoms with Crippen LogP contribution in [0.15, 0.2) is 24.3 Å². The lowest BCUT2D eigenvalue weighted by Crippen LogP contribution is -2.35. The summed E-state index contributed by atoms with van der Waals surface area (Å²) in [7, 11) is 3.54. The molecule has 2 heterocycles. The van der Waals surface area contributed by atoms with E-state index in [4.69, 9.17) is 4.74 Å². The van der Waals surface area contributed by atoms with Crippen LogP contribution in [0.25, 0.3) is 0 Å². The fourth-order valence-electron chi connectivity index (χ4n) is 3.43. The van der Waals surface area contributed by atoms with Crippen molar-refractivity contribution >= 4 is 5.91 Å². The summed E-state index contributed by atoms with van der Waals surface area (Å²) >= 11 is 0. The quantitative estimate of drug-likeness (QED) is 0.772. The Labute approximate surface area is 153 Å². The molecule has 0 fully saturated rings. The van der Waals surface area contributed by atoms with Crippen molar-refractivity contribution in [2.75, 3.05) is 20.2 Å². The normalized spacial score (nSPS) is 14.1. The summed E-state index contributed by atoms with van der Waals surface area (Å²) in [6.07, 6.45) is 1.33. The number of amides is 1. The molecule has 0 atom stereocenters. The third-order valence-corrected chi connectivity index (χ3v) is 4.88. The third-order valence-electron chi connectivity index (χ3n) is 4.88. The number of benzene rings is 1. The molecule has 1 aliphatic rings. The zero-order valence-corrected chi connectivity index (χ0v) is 15.4. The van der Waals surface area contributed by atoms with E-state index in [-0.39, 0.29) is 12.5 Å². The second kappa shape index (κ2) is 8.33. The number of fused-ring (bicyclic) bond motifs is 1. The number of carbonyl (C=O) groups is 1. The molecule has 0 saturated heterocycles. The van der Waals surface area contributed by atoms with E-state index in [1.165, 1.54) is 5.69 Å². The highest BCUT2D eigenvalue weighted by molar-refractivity contribution is 5.76. The summed E-state index contributed by atoms with van der Waals surface area (Å²) in [6, 6.07) is 7.68. The number of nitrogens with one attached hydrogen (secondary N) is 1. The molecule has 1 aromatic heterocycles. The standard InChI is InChI=1S/C19H26N4O3/c1-22-17-7-9-23(12-15(17)16(13-24)21-22)10-8-19(25)20-11-14-5-3-4-6-18(14)26-2/h3-6,24H,7-13H2,1-2H3,(H,20,25). The lowest BCUT2D eigenvalue weighted by Gasteiger charge is -2.27. The number of nitrogens with zero attached hydrogens (tertiary/aromatic N) is 3. The number of aryl methyl sites for hydroxylation is 1. The molecule has 1 aliphatic heterocycles. The van der Waals surface area contributed by atoms with Crippen LogP contribution < -0.4 is 10.1 Å². The SMILES string of the molecule is COc1ccccc1CNC(=O)CCN1CCc2c(c(CO)nn2C)C1. The van der Waals surface area contributed by atoms with Gasteiger partial charge in [0.25, 0.3) is 0 Å². The maximum Gasteiger partial charge on any atom is 0.221 e. The minimum atomic E-state index is -0.0452. The molecule has 0 spiro atoms. The van der Waals surface area contributed by atoms with Gasteiger partial charge in [-0.1, -0.05) is 18.2 Å². The van der Waals surface area contributed by atoms with Gasteiger partial charge in [0.2, 0.25) is 5.91 Å². The van der Waals surface area contributed by atoms with Crippen molar-refractivity contribution in [3.05, 3.63) is 46.8 Å². The van der Waals surface area contributed by atoms with E-state index in [0.29, 0.717) is 19.5 Å². The van der Waals surface area contributed by atoms with Gasteiger partial charge in [-0.3, -0.25) is 14.4 Å². The number of aliphatic hydroxyl groups excluding tert-OH is 1. The largest absolute Gasteiger partial charge is 0.496 e. The van der Waals surface area contributed by atoms with Crippen molar-refractivity contribution in [2.24, 2.45) is 7.05 Å². The topological polar surface area (TPSA) is 79.6 Å². The van der Waals surface area contributed by atoms with Gasteiger partial charge >= 0.3 is 0 Å². The zero-order valence-electron chi connectivity index (χ0n) is 15.4. The highest BCUT2D eigenvalue weighted by Crippen LogP contribution is 2.22. The predicted molar refractivity (Wildman–Crippen MR) is 97.6 cm³/mol.